The Morgan fingerprint density at radius 3 is 2.53 bits per heavy atom. The van der Waals surface area contributed by atoms with Crippen LogP contribution >= 0.6 is 11.3 Å². The Labute approximate surface area is 116 Å². The van der Waals surface area contributed by atoms with E-state index in [0.717, 1.165) is 31.0 Å². The van der Waals surface area contributed by atoms with Crippen LogP contribution < -0.4 is 0 Å². The average Bonchev–Trinajstić information content (AvgIpc) is 3.05. The van der Waals surface area contributed by atoms with Crippen molar-refractivity contribution in [3.05, 3.63) is 21.9 Å². The second-order valence-electron chi connectivity index (χ2n) is 4.74. The molecule has 0 unspecified atom stereocenters. The van der Waals surface area contributed by atoms with Crippen LogP contribution in [0.5, 0.6) is 0 Å². The van der Waals surface area contributed by atoms with E-state index in [-0.39, 0.29) is 10.8 Å². The summed E-state index contributed by atoms with van der Waals surface area (Å²) in [6.07, 6.45) is 2.48. The number of hydrogen-bond acceptors (Lipinski definition) is 4. The van der Waals surface area contributed by atoms with E-state index >= 15 is 0 Å². The van der Waals surface area contributed by atoms with E-state index in [1.54, 1.807) is 18.0 Å². The minimum atomic E-state index is -0.983. The van der Waals surface area contributed by atoms with E-state index in [0.29, 0.717) is 11.4 Å². The summed E-state index contributed by atoms with van der Waals surface area (Å²) in [4.78, 5) is 27.6. The van der Waals surface area contributed by atoms with Crippen molar-refractivity contribution in [2.75, 3.05) is 33.2 Å². The van der Waals surface area contributed by atoms with Crippen LogP contribution in [0.2, 0.25) is 0 Å². The first-order valence-electron chi connectivity index (χ1n) is 6.39. The fourth-order valence-corrected chi connectivity index (χ4v) is 2.99. The van der Waals surface area contributed by atoms with Gasteiger partial charge in [0.25, 0.3) is 5.91 Å². The Balaban J connectivity index is 1.88. The molecule has 104 valence electrons. The van der Waals surface area contributed by atoms with Gasteiger partial charge in [-0.25, -0.2) is 4.79 Å². The second kappa shape index (κ2) is 6.16. The zero-order chi connectivity index (χ0) is 13.8. The summed E-state index contributed by atoms with van der Waals surface area (Å²) >= 11 is 1.03. The van der Waals surface area contributed by atoms with Crippen molar-refractivity contribution in [2.24, 2.45) is 0 Å². The maximum absolute atomic E-state index is 12.1. The summed E-state index contributed by atoms with van der Waals surface area (Å²) in [6, 6.07) is 3.07. The van der Waals surface area contributed by atoms with Gasteiger partial charge in [0.05, 0.1) is 4.88 Å². The molecule has 1 aliphatic rings. The van der Waals surface area contributed by atoms with E-state index in [1.807, 2.05) is 0 Å². The molecule has 0 saturated carbocycles. The number of amides is 1. The third-order valence-corrected chi connectivity index (χ3v) is 4.39. The molecular weight excluding hydrogens is 264 g/mol. The van der Waals surface area contributed by atoms with E-state index in [2.05, 4.69) is 4.90 Å². The van der Waals surface area contributed by atoms with Gasteiger partial charge in [-0.2, -0.15) is 0 Å². The van der Waals surface area contributed by atoms with Crippen molar-refractivity contribution < 1.29 is 14.7 Å². The van der Waals surface area contributed by atoms with Gasteiger partial charge in [0, 0.05) is 20.1 Å². The van der Waals surface area contributed by atoms with Crippen LogP contribution in [-0.4, -0.2) is 60.0 Å². The van der Waals surface area contributed by atoms with E-state index in [4.69, 9.17) is 5.11 Å². The molecule has 2 heterocycles. The van der Waals surface area contributed by atoms with E-state index in [1.165, 1.54) is 18.9 Å². The number of thiophene rings is 1. The summed E-state index contributed by atoms with van der Waals surface area (Å²) in [6.45, 7) is 3.80. The highest BCUT2D eigenvalue weighted by Gasteiger charge is 2.18. The molecule has 0 atom stereocenters. The number of hydrogen-bond donors (Lipinski definition) is 1. The van der Waals surface area contributed by atoms with Crippen molar-refractivity contribution >= 4 is 23.2 Å². The fourth-order valence-electron chi connectivity index (χ4n) is 2.16. The number of likely N-dealkylation sites (N-methyl/N-ethyl adjacent to an activating group) is 1. The normalized spacial score (nSPS) is 15.6. The number of carboxylic acids is 1. The van der Waals surface area contributed by atoms with Gasteiger partial charge in [-0.3, -0.25) is 4.79 Å². The molecule has 0 spiro atoms. The lowest BCUT2D eigenvalue weighted by atomic mass is 10.3. The van der Waals surface area contributed by atoms with Gasteiger partial charge >= 0.3 is 5.97 Å². The smallest absolute Gasteiger partial charge is 0.345 e. The lowest BCUT2D eigenvalue weighted by Gasteiger charge is -2.21. The van der Waals surface area contributed by atoms with Gasteiger partial charge in [-0.05, 0) is 38.1 Å². The zero-order valence-electron chi connectivity index (χ0n) is 11.0. The fraction of sp³-hybridized carbons (Fsp3) is 0.538. The lowest BCUT2D eigenvalue weighted by molar-refractivity contribution is 0.0701. The monoisotopic (exact) mass is 282 g/mol. The van der Waals surface area contributed by atoms with Crippen molar-refractivity contribution in [3.63, 3.8) is 0 Å². The van der Waals surface area contributed by atoms with Gasteiger partial charge in [-0.15, -0.1) is 11.3 Å². The molecule has 19 heavy (non-hydrogen) atoms. The highest BCUT2D eigenvalue weighted by Crippen LogP contribution is 2.18. The molecule has 5 nitrogen and oxygen atoms in total. The highest BCUT2D eigenvalue weighted by atomic mass is 32.1. The SMILES string of the molecule is CN(CCN1CCCC1)C(=O)c1ccc(C(=O)O)s1. The maximum atomic E-state index is 12.1. The Bertz CT molecular complexity index is 466. The van der Waals surface area contributed by atoms with Gasteiger partial charge in [0.2, 0.25) is 0 Å². The van der Waals surface area contributed by atoms with Crippen molar-refractivity contribution in [1.82, 2.24) is 9.80 Å². The first-order valence-corrected chi connectivity index (χ1v) is 7.20. The zero-order valence-corrected chi connectivity index (χ0v) is 11.8. The molecule has 0 radical (unpaired) electrons. The minimum Gasteiger partial charge on any atom is -0.477 e. The van der Waals surface area contributed by atoms with Crippen LogP contribution in [0, 0.1) is 0 Å². The van der Waals surface area contributed by atoms with Gasteiger partial charge in [0.1, 0.15) is 4.88 Å². The van der Waals surface area contributed by atoms with Crippen molar-refractivity contribution in [2.45, 2.75) is 12.8 Å². The predicted octanol–water partition coefficient (Wildman–Crippen LogP) is 1.61. The average molecular weight is 282 g/mol. The molecule has 0 aromatic carbocycles. The molecule has 1 aromatic heterocycles. The summed E-state index contributed by atoms with van der Waals surface area (Å²) in [7, 11) is 1.76. The molecule has 0 bridgehead atoms. The van der Waals surface area contributed by atoms with Crippen LogP contribution in [0.25, 0.3) is 0 Å². The molecule has 1 saturated heterocycles. The van der Waals surface area contributed by atoms with E-state index in [9.17, 15) is 9.59 Å². The van der Waals surface area contributed by atoms with Crippen LogP contribution in [0.15, 0.2) is 12.1 Å². The summed E-state index contributed by atoms with van der Waals surface area (Å²) in [5.74, 6) is -1.08. The van der Waals surface area contributed by atoms with Crippen LogP contribution in [0.3, 0.4) is 0 Å². The first-order chi connectivity index (χ1) is 9.08. The molecule has 1 fully saturated rings. The highest BCUT2D eigenvalue weighted by molar-refractivity contribution is 7.15. The second-order valence-corrected chi connectivity index (χ2v) is 5.83. The number of nitrogens with zero attached hydrogens (tertiary/aromatic N) is 2. The Morgan fingerprint density at radius 1 is 1.32 bits per heavy atom. The molecule has 1 amide bonds. The van der Waals surface area contributed by atoms with Gasteiger partial charge < -0.3 is 14.9 Å². The maximum Gasteiger partial charge on any atom is 0.345 e. The van der Waals surface area contributed by atoms with Crippen molar-refractivity contribution in [3.8, 4) is 0 Å². The molecule has 0 aliphatic carbocycles. The minimum absolute atomic E-state index is 0.100. The third kappa shape index (κ3) is 3.54. The molecule has 1 aliphatic heterocycles. The van der Waals surface area contributed by atoms with Gasteiger partial charge in [-0.1, -0.05) is 0 Å². The molecule has 2 rings (SSSR count). The summed E-state index contributed by atoms with van der Waals surface area (Å²) in [5.41, 5.74) is 0. The number of carbonyl (C=O) groups excluding carboxylic acids is 1. The van der Waals surface area contributed by atoms with Crippen LogP contribution in [-0.2, 0) is 0 Å². The number of aromatic carboxylic acids is 1. The quantitative estimate of drug-likeness (QED) is 0.891. The van der Waals surface area contributed by atoms with Crippen molar-refractivity contribution in [1.29, 1.82) is 0 Å². The van der Waals surface area contributed by atoms with Gasteiger partial charge in [0.15, 0.2) is 0 Å². The largest absolute Gasteiger partial charge is 0.477 e. The topological polar surface area (TPSA) is 60.9 Å². The Hall–Kier alpha value is -1.40. The molecule has 6 heteroatoms. The Morgan fingerprint density at radius 2 is 1.95 bits per heavy atom. The summed E-state index contributed by atoms with van der Waals surface area (Å²) in [5, 5.41) is 8.84. The lowest BCUT2D eigenvalue weighted by Crippen LogP contribution is -2.34. The Kier molecular flexibility index (Phi) is 4.55. The van der Waals surface area contributed by atoms with Crippen LogP contribution in [0.1, 0.15) is 32.2 Å². The molecule has 1 N–H and O–H groups in total. The standard InChI is InChI=1S/C13H18N2O3S/c1-14(8-9-15-6-2-3-7-15)12(16)10-4-5-11(19-10)13(17)18/h4-5H,2-3,6-9H2,1H3,(H,17,18). The first kappa shape index (κ1) is 14.0. The molecule has 1 aromatic rings. The number of carboxylic acid groups (broad SMARTS) is 1. The predicted molar refractivity (Wildman–Crippen MR) is 73.9 cm³/mol. The summed E-state index contributed by atoms with van der Waals surface area (Å²) < 4.78 is 0. The number of rotatable bonds is 5. The van der Waals surface area contributed by atoms with Crippen LogP contribution in [0.4, 0.5) is 0 Å². The number of likely N-dealkylation sites (tertiary alicyclic amines) is 1. The number of carbonyl (C=O) groups is 2. The molecular formula is C13H18N2O3S. The third-order valence-electron chi connectivity index (χ3n) is 3.32. The van der Waals surface area contributed by atoms with E-state index < -0.39 is 5.97 Å².